The molecule has 0 radical (unpaired) electrons. The average Bonchev–Trinajstić information content (AvgIpc) is 2.95. The fraction of sp³-hybridized carbons (Fsp3) is 0.765. The lowest BCUT2D eigenvalue weighted by atomic mass is 10.1. The Morgan fingerprint density at radius 3 is 2.86 bits per heavy atom. The van der Waals surface area contributed by atoms with Gasteiger partial charge in [-0.3, -0.25) is 4.90 Å². The molecular formula is C17H30N2OS. The molecule has 4 heteroatoms. The molecule has 0 bridgehead atoms. The summed E-state index contributed by atoms with van der Waals surface area (Å²) >= 11 is 1.94. The number of aryl methyl sites for hydroxylation is 1. The van der Waals surface area contributed by atoms with Crippen molar-refractivity contribution in [2.45, 2.75) is 52.7 Å². The molecule has 0 aromatic carbocycles. The first kappa shape index (κ1) is 16.9. The molecule has 0 aliphatic carbocycles. The van der Waals surface area contributed by atoms with Crippen LogP contribution in [0.25, 0.3) is 0 Å². The van der Waals surface area contributed by atoms with E-state index < -0.39 is 0 Å². The first-order chi connectivity index (χ1) is 9.87. The molecule has 0 saturated carbocycles. The van der Waals surface area contributed by atoms with Gasteiger partial charge in [-0.25, -0.2) is 0 Å². The van der Waals surface area contributed by atoms with Gasteiger partial charge in [0.2, 0.25) is 0 Å². The van der Waals surface area contributed by atoms with Crippen molar-refractivity contribution in [2.75, 3.05) is 26.8 Å². The molecule has 3 nitrogen and oxygen atoms in total. The lowest BCUT2D eigenvalue weighted by Crippen LogP contribution is -2.34. The highest BCUT2D eigenvalue weighted by molar-refractivity contribution is 7.12. The number of ether oxygens (including phenoxy) is 1. The van der Waals surface area contributed by atoms with E-state index in [1.807, 2.05) is 11.3 Å². The second-order valence-corrected chi connectivity index (χ2v) is 8.58. The summed E-state index contributed by atoms with van der Waals surface area (Å²) in [6.45, 7) is 14.3. The molecule has 1 saturated heterocycles. The van der Waals surface area contributed by atoms with Crippen LogP contribution in [0.4, 0.5) is 0 Å². The molecule has 1 aliphatic rings. The minimum absolute atomic E-state index is 0.181. The first-order valence-electron chi connectivity index (χ1n) is 7.92. The SMILES string of the molecule is COCC1CCN(Cc2cc(CNC(C)(C)C)sc2C)C1. The Morgan fingerprint density at radius 1 is 1.43 bits per heavy atom. The topological polar surface area (TPSA) is 24.5 Å². The van der Waals surface area contributed by atoms with Crippen LogP contribution in [0.3, 0.4) is 0 Å². The lowest BCUT2D eigenvalue weighted by Gasteiger charge is -2.19. The van der Waals surface area contributed by atoms with Crippen molar-refractivity contribution in [1.82, 2.24) is 10.2 Å². The van der Waals surface area contributed by atoms with Gasteiger partial charge in [0.05, 0.1) is 6.61 Å². The largest absolute Gasteiger partial charge is 0.384 e. The van der Waals surface area contributed by atoms with E-state index >= 15 is 0 Å². The van der Waals surface area contributed by atoms with Crippen molar-refractivity contribution in [3.63, 3.8) is 0 Å². The maximum absolute atomic E-state index is 5.28. The van der Waals surface area contributed by atoms with E-state index in [-0.39, 0.29) is 5.54 Å². The predicted octanol–water partition coefficient (Wildman–Crippen LogP) is 3.41. The van der Waals surface area contributed by atoms with Crippen LogP contribution in [0.15, 0.2) is 6.07 Å². The molecule has 0 amide bonds. The normalized spacial score (nSPS) is 20.3. The van der Waals surface area contributed by atoms with Crippen LogP contribution >= 0.6 is 11.3 Å². The molecule has 1 N–H and O–H groups in total. The number of rotatable bonds is 6. The van der Waals surface area contributed by atoms with Gasteiger partial charge in [0.25, 0.3) is 0 Å². The summed E-state index contributed by atoms with van der Waals surface area (Å²) in [5, 5.41) is 3.58. The molecule has 1 aliphatic heterocycles. The smallest absolute Gasteiger partial charge is 0.0503 e. The lowest BCUT2D eigenvalue weighted by molar-refractivity contribution is 0.152. The first-order valence-corrected chi connectivity index (χ1v) is 8.73. The summed E-state index contributed by atoms with van der Waals surface area (Å²) in [6, 6.07) is 2.39. The van der Waals surface area contributed by atoms with Crippen molar-refractivity contribution in [2.24, 2.45) is 5.92 Å². The quantitative estimate of drug-likeness (QED) is 0.871. The van der Waals surface area contributed by atoms with E-state index in [4.69, 9.17) is 4.74 Å². The Kier molecular flexibility index (Phi) is 5.83. The van der Waals surface area contributed by atoms with E-state index in [2.05, 4.69) is 44.0 Å². The zero-order chi connectivity index (χ0) is 15.5. The van der Waals surface area contributed by atoms with Crippen molar-refractivity contribution < 1.29 is 4.74 Å². The number of hydrogen-bond acceptors (Lipinski definition) is 4. The number of methoxy groups -OCH3 is 1. The maximum atomic E-state index is 5.28. The molecule has 1 aromatic rings. The summed E-state index contributed by atoms with van der Waals surface area (Å²) in [5.41, 5.74) is 1.68. The molecule has 0 spiro atoms. The van der Waals surface area contributed by atoms with Crippen LogP contribution < -0.4 is 5.32 Å². The van der Waals surface area contributed by atoms with Gasteiger partial charge in [-0.05, 0) is 58.2 Å². The maximum Gasteiger partial charge on any atom is 0.0503 e. The van der Waals surface area contributed by atoms with Crippen LogP contribution in [0, 0.1) is 12.8 Å². The number of hydrogen-bond donors (Lipinski definition) is 1. The molecule has 1 unspecified atom stereocenters. The molecule has 2 rings (SSSR count). The van der Waals surface area contributed by atoms with Gasteiger partial charge in [0.15, 0.2) is 0 Å². The van der Waals surface area contributed by atoms with Crippen LogP contribution in [0.5, 0.6) is 0 Å². The fourth-order valence-corrected chi connectivity index (χ4v) is 3.85. The van der Waals surface area contributed by atoms with E-state index in [0.29, 0.717) is 0 Å². The van der Waals surface area contributed by atoms with Crippen LogP contribution in [0.1, 0.15) is 42.5 Å². The summed E-state index contributed by atoms with van der Waals surface area (Å²) < 4.78 is 5.28. The third-order valence-electron chi connectivity index (χ3n) is 4.03. The van der Waals surface area contributed by atoms with Gasteiger partial charge in [-0.2, -0.15) is 0 Å². The van der Waals surface area contributed by atoms with E-state index in [1.54, 1.807) is 7.11 Å². The van der Waals surface area contributed by atoms with Crippen LogP contribution in [-0.2, 0) is 17.8 Å². The standard InChI is InChI=1S/C17H30N2OS/c1-13-15(8-16(21-13)9-18-17(2,3)4)11-19-7-6-14(10-19)12-20-5/h8,14,18H,6-7,9-12H2,1-5H3. The van der Waals surface area contributed by atoms with Crippen LogP contribution in [-0.4, -0.2) is 37.2 Å². The summed E-state index contributed by atoms with van der Waals surface area (Å²) in [4.78, 5) is 5.49. The Labute approximate surface area is 133 Å². The Bertz CT molecular complexity index is 450. The van der Waals surface area contributed by atoms with Gasteiger partial charge in [0.1, 0.15) is 0 Å². The molecule has 120 valence electrons. The van der Waals surface area contributed by atoms with E-state index in [0.717, 1.165) is 25.6 Å². The summed E-state index contributed by atoms with van der Waals surface area (Å²) in [5.74, 6) is 0.718. The molecular weight excluding hydrogens is 280 g/mol. The van der Waals surface area contributed by atoms with Gasteiger partial charge < -0.3 is 10.1 Å². The Hall–Kier alpha value is -0.420. The summed E-state index contributed by atoms with van der Waals surface area (Å²) in [7, 11) is 1.81. The third-order valence-corrected chi connectivity index (χ3v) is 5.12. The second kappa shape index (κ2) is 7.23. The highest BCUT2D eigenvalue weighted by Gasteiger charge is 2.23. The van der Waals surface area contributed by atoms with Gasteiger partial charge in [-0.15, -0.1) is 11.3 Å². The zero-order valence-corrected chi connectivity index (χ0v) is 15.0. The van der Waals surface area contributed by atoms with Crippen molar-refractivity contribution in [3.8, 4) is 0 Å². The van der Waals surface area contributed by atoms with Gasteiger partial charge >= 0.3 is 0 Å². The van der Waals surface area contributed by atoms with Crippen molar-refractivity contribution in [3.05, 3.63) is 21.4 Å². The van der Waals surface area contributed by atoms with E-state index in [1.165, 1.54) is 34.8 Å². The molecule has 1 fully saturated rings. The Balaban J connectivity index is 1.88. The van der Waals surface area contributed by atoms with Crippen molar-refractivity contribution >= 4 is 11.3 Å². The minimum Gasteiger partial charge on any atom is -0.384 e. The van der Waals surface area contributed by atoms with Gasteiger partial charge in [0, 0.05) is 42.0 Å². The molecule has 21 heavy (non-hydrogen) atoms. The Morgan fingerprint density at radius 2 is 2.19 bits per heavy atom. The number of nitrogens with one attached hydrogen (secondary N) is 1. The number of likely N-dealkylation sites (tertiary alicyclic amines) is 1. The third kappa shape index (κ3) is 5.37. The summed E-state index contributed by atoms with van der Waals surface area (Å²) in [6.07, 6.45) is 1.27. The monoisotopic (exact) mass is 310 g/mol. The molecule has 1 atom stereocenters. The zero-order valence-electron chi connectivity index (χ0n) is 14.2. The number of thiophene rings is 1. The van der Waals surface area contributed by atoms with Crippen molar-refractivity contribution in [1.29, 1.82) is 0 Å². The predicted molar refractivity (Wildman–Crippen MR) is 90.9 cm³/mol. The van der Waals surface area contributed by atoms with Crippen LogP contribution in [0.2, 0.25) is 0 Å². The molecule has 2 heterocycles. The minimum atomic E-state index is 0.181. The number of nitrogens with zero attached hydrogens (tertiary/aromatic N) is 1. The highest BCUT2D eigenvalue weighted by Crippen LogP contribution is 2.26. The van der Waals surface area contributed by atoms with Gasteiger partial charge in [-0.1, -0.05) is 0 Å². The fourth-order valence-electron chi connectivity index (χ4n) is 2.85. The molecule has 1 aromatic heterocycles. The van der Waals surface area contributed by atoms with E-state index in [9.17, 15) is 0 Å². The average molecular weight is 311 g/mol. The second-order valence-electron chi connectivity index (χ2n) is 7.24. The highest BCUT2D eigenvalue weighted by atomic mass is 32.1.